The van der Waals surface area contributed by atoms with E-state index >= 15 is 0 Å². The van der Waals surface area contributed by atoms with Gasteiger partial charge in [0.25, 0.3) is 0 Å². The van der Waals surface area contributed by atoms with Gasteiger partial charge in [0.2, 0.25) is 5.91 Å². The van der Waals surface area contributed by atoms with Crippen molar-refractivity contribution in [1.82, 2.24) is 5.32 Å². The molecule has 4 nitrogen and oxygen atoms in total. The monoisotopic (exact) mass is 282 g/mol. The van der Waals surface area contributed by atoms with Crippen molar-refractivity contribution < 1.29 is 14.7 Å². The van der Waals surface area contributed by atoms with Crippen LogP contribution in [0.25, 0.3) is 0 Å². The SMILES string of the molecule is C[C@H](CC(=O)[O-])CC(=O)NCCc1ccc(Cl)cc1. The first-order chi connectivity index (χ1) is 8.97. The Morgan fingerprint density at radius 1 is 1.26 bits per heavy atom. The summed E-state index contributed by atoms with van der Waals surface area (Å²) in [6, 6.07) is 7.43. The van der Waals surface area contributed by atoms with E-state index in [0.717, 1.165) is 12.0 Å². The molecule has 1 N–H and O–H groups in total. The number of carboxylic acid groups (broad SMARTS) is 1. The molecule has 1 rings (SSSR count). The molecule has 0 aliphatic heterocycles. The number of rotatable bonds is 7. The summed E-state index contributed by atoms with van der Waals surface area (Å²) in [7, 11) is 0. The van der Waals surface area contributed by atoms with Crippen LogP contribution in [0.2, 0.25) is 5.02 Å². The summed E-state index contributed by atoms with van der Waals surface area (Å²) in [6.07, 6.45) is 0.830. The molecule has 1 atom stereocenters. The number of hydrogen-bond donors (Lipinski definition) is 1. The van der Waals surface area contributed by atoms with E-state index in [9.17, 15) is 14.7 Å². The minimum absolute atomic E-state index is 0.0927. The molecule has 0 saturated heterocycles. The first-order valence-corrected chi connectivity index (χ1v) is 6.56. The van der Waals surface area contributed by atoms with Crippen LogP contribution in [-0.2, 0) is 16.0 Å². The zero-order valence-electron chi connectivity index (χ0n) is 10.8. The first kappa shape index (κ1) is 15.5. The van der Waals surface area contributed by atoms with Crippen molar-refractivity contribution in [1.29, 1.82) is 0 Å². The predicted octanol–water partition coefficient (Wildman–Crippen LogP) is 1.16. The van der Waals surface area contributed by atoms with E-state index < -0.39 is 5.97 Å². The summed E-state index contributed by atoms with van der Waals surface area (Å²) in [5.74, 6) is -1.47. The van der Waals surface area contributed by atoms with Crippen LogP contribution in [0.4, 0.5) is 0 Å². The quantitative estimate of drug-likeness (QED) is 0.816. The lowest BCUT2D eigenvalue weighted by atomic mass is 10.0. The van der Waals surface area contributed by atoms with E-state index in [-0.39, 0.29) is 24.7 Å². The molecule has 0 bridgehead atoms. The normalized spacial score (nSPS) is 11.9. The summed E-state index contributed by atoms with van der Waals surface area (Å²) in [6.45, 7) is 2.24. The molecule has 104 valence electrons. The zero-order chi connectivity index (χ0) is 14.3. The van der Waals surface area contributed by atoms with Gasteiger partial charge in [-0.2, -0.15) is 0 Å². The van der Waals surface area contributed by atoms with Gasteiger partial charge >= 0.3 is 0 Å². The number of carbonyl (C=O) groups is 2. The number of carbonyl (C=O) groups excluding carboxylic acids is 2. The van der Waals surface area contributed by atoms with E-state index in [2.05, 4.69) is 5.32 Å². The fourth-order valence-corrected chi connectivity index (χ4v) is 1.87. The van der Waals surface area contributed by atoms with E-state index in [1.165, 1.54) is 0 Å². The topological polar surface area (TPSA) is 69.2 Å². The molecule has 0 spiro atoms. The standard InChI is InChI=1S/C14H18ClNO3/c1-10(9-14(18)19)8-13(17)16-7-6-11-2-4-12(15)5-3-11/h2-5,10H,6-9H2,1H3,(H,16,17)(H,18,19)/p-1/t10-/m0/s1. The highest BCUT2D eigenvalue weighted by atomic mass is 35.5. The van der Waals surface area contributed by atoms with Gasteiger partial charge in [-0.1, -0.05) is 30.7 Å². The van der Waals surface area contributed by atoms with Crippen molar-refractivity contribution in [3.05, 3.63) is 34.9 Å². The maximum atomic E-state index is 11.5. The Labute approximate surface area is 117 Å². The number of halogens is 1. The van der Waals surface area contributed by atoms with Gasteiger partial charge in [-0.25, -0.2) is 0 Å². The lowest BCUT2D eigenvalue weighted by Crippen LogP contribution is -2.30. The van der Waals surface area contributed by atoms with Gasteiger partial charge in [-0.15, -0.1) is 0 Å². The highest BCUT2D eigenvalue weighted by Gasteiger charge is 2.08. The van der Waals surface area contributed by atoms with Crippen LogP contribution in [0.15, 0.2) is 24.3 Å². The number of carboxylic acids is 1. The molecule has 0 radical (unpaired) electrons. The molecule has 0 unspecified atom stereocenters. The molecule has 19 heavy (non-hydrogen) atoms. The first-order valence-electron chi connectivity index (χ1n) is 6.18. The molecule has 0 aliphatic carbocycles. The number of amides is 1. The maximum absolute atomic E-state index is 11.5. The van der Waals surface area contributed by atoms with Crippen molar-refractivity contribution in [2.45, 2.75) is 26.2 Å². The van der Waals surface area contributed by atoms with Crippen LogP contribution in [0, 0.1) is 5.92 Å². The second kappa shape index (κ2) is 7.79. The molecule has 0 fully saturated rings. The van der Waals surface area contributed by atoms with Crippen molar-refractivity contribution >= 4 is 23.5 Å². The van der Waals surface area contributed by atoms with E-state index in [0.29, 0.717) is 11.6 Å². The molecule has 1 aromatic carbocycles. The van der Waals surface area contributed by atoms with Gasteiger partial charge in [-0.3, -0.25) is 4.79 Å². The van der Waals surface area contributed by atoms with Gasteiger partial charge in [-0.05, 0) is 36.5 Å². The molecule has 5 heteroatoms. The Morgan fingerprint density at radius 2 is 1.89 bits per heavy atom. The summed E-state index contributed by atoms with van der Waals surface area (Å²) >= 11 is 5.77. The van der Waals surface area contributed by atoms with E-state index in [1.807, 2.05) is 12.1 Å². The fraction of sp³-hybridized carbons (Fsp3) is 0.429. The maximum Gasteiger partial charge on any atom is 0.220 e. The summed E-state index contributed by atoms with van der Waals surface area (Å²) in [5.41, 5.74) is 1.09. The van der Waals surface area contributed by atoms with E-state index in [1.54, 1.807) is 19.1 Å². The third-order valence-corrected chi connectivity index (χ3v) is 2.95. The van der Waals surface area contributed by atoms with Crippen LogP contribution in [0.3, 0.4) is 0 Å². The number of hydrogen-bond acceptors (Lipinski definition) is 3. The zero-order valence-corrected chi connectivity index (χ0v) is 11.6. The van der Waals surface area contributed by atoms with Crippen molar-refractivity contribution in [3.8, 4) is 0 Å². The lowest BCUT2D eigenvalue weighted by Gasteiger charge is -2.12. The van der Waals surface area contributed by atoms with Crippen molar-refractivity contribution in [3.63, 3.8) is 0 Å². The van der Waals surface area contributed by atoms with Gasteiger partial charge in [0, 0.05) is 24.0 Å². The fourth-order valence-electron chi connectivity index (χ4n) is 1.74. The molecule has 0 aliphatic rings. The van der Waals surface area contributed by atoms with Crippen molar-refractivity contribution in [2.75, 3.05) is 6.54 Å². The molecule has 0 saturated carbocycles. The molecule has 1 amide bonds. The minimum Gasteiger partial charge on any atom is -0.550 e. The Hall–Kier alpha value is -1.55. The molecule has 1 aromatic rings. The van der Waals surface area contributed by atoms with Gasteiger partial charge in [0.05, 0.1) is 0 Å². The molecular weight excluding hydrogens is 266 g/mol. The summed E-state index contributed by atoms with van der Waals surface area (Å²) < 4.78 is 0. The molecular formula is C14H17ClNO3-. The molecule has 0 heterocycles. The number of aliphatic carboxylic acids is 1. The van der Waals surface area contributed by atoms with Gasteiger partial charge < -0.3 is 15.2 Å². The van der Waals surface area contributed by atoms with Crippen LogP contribution < -0.4 is 10.4 Å². The highest BCUT2D eigenvalue weighted by molar-refractivity contribution is 6.30. The van der Waals surface area contributed by atoms with Crippen LogP contribution >= 0.6 is 11.6 Å². The Morgan fingerprint density at radius 3 is 2.47 bits per heavy atom. The predicted molar refractivity (Wildman–Crippen MR) is 71.6 cm³/mol. The van der Waals surface area contributed by atoms with Gasteiger partial charge in [0.15, 0.2) is 0 Å². The van der Waals surface area contributed by atoms with Crippen LogP contribution in [-0.4, -0.2) is 18.4 Å². The minimum atomic E-state index is -1.12. The smallest absolute Gasteiger partial charge is 0.220 e. The Balaban J connectivity index is 2.23. The van der Waals surface area contributed by atoms with Crippen LogP contribution in [0.5, 0.6) is 0 Å². The Bertz CT molecular complexity index is 431. The highest BCUT2D eigenvalue weighted by Crippen LogP contribution is 2.10. The number of benzene rings is 1. The third-order valence-electron chi connectivity index (χ3n) is 2.70. The Kier molecular flexibility index (Phi) is 6.36. The second-order valence-corrected chi connectivity index (χ2v) is 5.05. The molecule has 0 aromatic heterocycles. The number of nitrogens with one attached hydrogen (secondary N) is 1. The van der Waals surface area contributed by atoms with Crippen molar-refractivity contribution in [2.24, 2.45) is 5.92 Å². The summed E-state index contributed by atoms with van der Waals surface area (Å²) in [5, 5.41) is 13.8. The third kappa shape index (κ3) is 6.82. The average molecular weight is 283 g/mol. The summed E-state index contributed by atoms with van der Waals surface area (Å²) in [4.78, 5) is 21.9. The average Bonchev–Trinajstić information content (AvgIpc) is 2.30. The van der Waals surface area contributed by atoms with Crippen LogP contribution in [0.1, 0.15) is 25.3 Å². The van der Waals surface area contributed by atoms with E-state index in [4.69, 9.17) is 11.6 Å². The largest absolute Gasteiger partial charge is 0.550 e. The van der Waals surface area contributed by atoms with Gasteiger partial charge in [0.1, 0.15) is 0 Å². The second-order valence-electron chi connectivity index (χ2n) is 4.61. The lowest BCUT2D eigenvalue weighted by molar-refractivity contribution is -0.306.